The summed E-state index contributed by atoms with van der Waals surface area (Å²) >= 11 is 6.85. The minimum Gasteiger partial charge on any atom is -0.493 e. The number of fused-ring (bicyclic) bond motifs is 2. The van der Waals surface area contributed by atoms with E-state index in [1.165, 1.54) is 19.2 Å². The first kappa shape index (κ1) is 27.7. The van der Waals surface area contributed by atoms with Crippen LogP contribution in [0.2, 0.25) is 5.02 Å². The van der Waals surface area contributed by atoms with Crippen LogP contribution in [-0.2, 0) is 24.8 Å². The SMILES string of the molecule is CCc1nn(C)c(C)c1-c1c(Cl)ccc2c1c(C)c(C(=O)OC)n2CCCOc1cc(C)cc2cc(F)ccc12. The highest BCUT2D eigenvalue weighted by molar-refractivity contribution is 6.35. The summed E-state index contributed by atoms with van der Waals surface area (Å²) in [6.07, 6.45) is 1.39. The van der Waals surface area contributed by atoms with Crippen molar-refractivity contribution in [3.63, 3.8) is 0 Å². The maximum atomic E-state index is 13.8. The molecule has 2 heterocycles. The van der Waals surface area contributed by atoms with E-state index in [1.54, 1.807) is 6.07 Å². The Hall–Kier alpha value is -3.84. The van der Waals surface area contributed by atoms with Crippen molar-refractivity contribution in [2.24, 2.45) is 7.05 Å². The Kier molecular flexibility index (Phi) is 7.60. The molecule has 0 spiro atoms. The molecular formula is C32H33ClFN3O3. The quantitative estimate of drug-likeness (QED) is 0.144. The third-order valence-corrected chi connectivity index (χ3v) is 7.91. The standard InChI is InChI=1S/C32H33ClFN3O3/c1-7-25-29(20(4)36(5)35-25)30-24(33)11-12-26-28(30)19(3)31(32(38)39-6)37(26)13-8-14-40-27-16-18(2)15-21-17-22(34)9-10-23(21)27/h9-12,15-17H,7-8,13-14H2,1-6H3. The maximum Gasteiger partial charge on any atom is 0.354 e. The number of ether oxygens (including phenoxy) is 2. The molecule has 0 fully saturated rings. The molecule has 5 rings (SSSR count). The highest BCUT2D eigenvalue weighted by atomic mass is 35.5. The van der Waals surface area contributed by atoms with Crippen LogP contribution in [0.5, 0.6) is 5.75 Å². The molecule has 0 atom stereocenters. The molecule has 0 bridgehead atoms. The van der Waals surface area contributed by atoms with Gasteiger partial charge in [0.15, 0.2) is 0 Å². The first-order valence-electron chi connectivity index (χ1n) is 13.4. The molecule has 0 aliphatic carbocycles. The van der Waals surface area contributed by atoms with E-state index >= 15 is 0 Å². The molecule has 0 saturated carbocycles. The van der Waals surface area contributed by atoms with E-state index in [9.17, 15) is 9.18 Å². The van der Waals surface area contributed by atoms with E-state index in [0.717, 1.165) is 61.7 Å². The Morgan fingerprint density at radius 1 is 1.07 bits per heavy atom. The molecule has 2 aromatic heterocycles. The second-order valence-corrected chi connectivity index (χ2v) is 10.6. The molecule has 0 aliphatic rings. The summed E-state index contributed by atoms with van der Waals surface area (Å²) in [6, 6.07) is 12.5. The smallest absolute Gasteiger partial charge is 0.354 e. The number of carbonyl (C=O) groups excluding carboxylic acids is 1. The van der Waals surface area contributed by atoms with Crippen LogP contribution in [0, 0.1) is 26.6 Å². The molecular weight excluding hydrogens is 529 g/mol. The molecule has 0 radical (unpaired) electrons. The molecule has 0 unspecified atom stereocenters. The lowest BCUT2D eigenvalue weighted by atomic mass is 9.96. The van der Waals surface area contributed by atoms with Crippen molar-refractivity contribution in [1.82, 2.24) is 14.3 Å². The molecule has 5 aromatic rings. The number of nitrogens with zero attached hydrogens (tertiary/aromatic N) is 3. The van der Waals surface area contributed by atoms with Gasteiger partial charge in [-0.2, -0.15) is 5.10 Å². The van der Waals surface area contributed by atoms with Crippen molar-refractivity contribution >= 4 is 39.2 Å². The molecule has 3 aromatic carbocycles. The zero-order chi connectivity index (χ0) is 28.7. The number of aryl methyl sites for hydroxylation is 5. The first-order chi connectivity index (χ1) is 19.2. The number of rotatable bonds is 8. The van der Waals surface area contributed by atoms with Gasteiger partial charge < -0.3 is 14.0 Å². The molecule has 208 valence electrons. The Morgan fingerprint density at radius 2 is 1.85 bits per heavy atom. The minimum atomic E-state index is -0.401. The summed E-state index contributed by atoms with van der Waals surface area (Å²) < 4.78 is 29.1. The number of esters is 1. The van der Waals surface area contributed by atoms with Gasteiger partial charge in [-0.05, 0) is 86.5 Å². The highest BCUT2D eigenvalue weighted by Gasteiger charge is 2.27. The highest BCUT2D eigenvalue weighted by Crippen LogP contribution is 2.42. The van der Waals surface area contributed by atoms with Crippen molar-refractivity contribution in [2.75, 3.05) is 13.7 Å². The summed E-state index contributed by atoms with van der Waals surface area (Å²) in [4.78, 5) is 13.1. The predicted octanol–water partition coefficient (Wildman–Crippen LogP) is 7.73. The van der Waals surface area contributed by atoms with Crippen LogP contribution in [0.4, 0.5) is 4.39 Å². The summed E-state index contributed by atoms with van der Waals surface area (Å²) in [5.74, 6) is 0.0354. The largest absolute Gasteiger partial charge is 0.493 e. The maximum absolute atomic E-state index is 13.8. The fourth-order valence-electron chi connectivity index (χ4n) is 5.67. The van der Waals surface area contributed by atoms with Crippen molar-refractivity contribution in [1.29, 1.82) is 0 Å². The van der Waals surface area contributed by atoms with Gasteiger partial charge in [-0.3, -0.25) is 4.68 Å². The van der Waals surface area contributed by atoms with Gasteiger partial charge in [-0.15, -0.1) is 0 Å². The van der Waals surface area contributed by atoms with Crippen LogP contribution in [0.1, 0.15) is 46.3 Å². The summed E-state index contributed by atoms with van der Waals surface area (Å²) in [7, 11) is 3.32. The van der Waals surface area contributed by atoms with Crippen molar-refractivity contribution in [3.05, 3.63) is 81.5 Å². The van der Waals surface area contributed by atoms with Crippen LogP contribution in [0.15, 0.2) is 42.5 Å². The Morgan fingerprint density at radius 3 is 2.58 bits per heavy atom. The van der Waals surface area contributed by atoms with Gasteiger partial charge in [0, 0.05) is 51.7 Å². The van der Waals surface area contributed by atoms with Gasteiger partial charge in [0.05, 0.1) is 19.4 Å². The lowest BCUT2D eigenvalue weighted by Crippen LogP contribution is -2.13. The van der Waals surface area contributed by atoms with Crippen LogP contribution in [0.3, 0.4) is 0 Å². The Balaban J connectivity index is 1.53. The summed E-state index contributed by atoms with van der Waals surface area (Å²) in [5.41, 5.74) is 7.07. The van der Waals surface area contributed by atoms with E-state index in [2.05, 4.69) is 6.92 Å². The molecule has 0 saturated heterocycles. The van der Waals surface area contributed by atoms with Crippen molar-refractivity contribution in [3.8, 4) is 16.9 Å². The number of benzene rings is 3. The lowest BCUT2D eigenvalue weighted by Gasteiger charge is -2.13. The van der Waals surface area contributed by atoms with Crippen LogP contribution in [-0.4, -0.2) is 34.0 Å². The average Bonchev–Trinajstić information content (AvgIpc) is 3.37. The average molecular weight is 562 g/mol. The van der Waals surface area contributed by atoms with Crippen molar-refractivity contribution < 1.29 is 18.7 Å². The topological polar surface area (TPSA) is 58.3 Å². The number of carbonyl (C=O) groups is 1. The first-order valence-corrected chi connectivity index (χ1v) is 13.8. The second kappa shape index (κ2) is 11.0. The van der Waals surface area contributed by atoms with Gasteiger partial charge in [-0.1, -0.05) is 24.6 Å². The Labute approximate surface area is 238 Å². The number of methoxy groups -OCH3 is 1. The van der Waals surface area contributed by atoms with Crippen molar-refractivity contribution in [2.45, 2.75) is 47.1 Å². The monoisotopic (exact) mass is 561 g/mol. The normalized spacial score (nSPS) is 11.5. The second-order valence-electron chi connectivity index (χ2n) is 10.1. The molecule has 40 heavy (non-hydrogen) atoms. The zero-order valence-corrected chi connectivity index (χ0v) is 24.4. The van der Waals surface area contributed by atoms with E-state index in [1.807, 2.05) is 61.3 Å². The van der Waals surface area contributed by atoms with Gasteiger partial charge in [0.25, 0.3) is 0 Å². The molecule has 0 aliphatic heterocycles. The third-order valence-electron chi connectivity index (χ3n) is 7.60. The fraction of sp³-hybridized carbons (Fsp3) is 0.312. The third kappa shape index (κ3) is 4.73. The van der Waals surface area contributed by atoms with Crippen LogP contribution in [0.25, 0.3) is 32.8 Å². The van der Waals surface area contributed by atoms with E-state index in [0.29, 0.717) is 36.0 Å². The fourth-order valence-corrected chi connectivity index (χ4v) is 5.92. The summed E-state index contributed by atoms with van der Waals surface area (Å²) in [6.45, 7) is 8.95. The van der Waals surface area contributed by atoms with Gasteiger partial charge in [0.2, 0.25) is 0 Å². The van der Waals surface area contributed by atoms with Crippen LogP contribution >= 0.6 is 11.6 Å². The number of halogens is 2. The van der Waals surface area contributed by atoms with Gasteiger partial charge in [-0.25, -0.2) is 9.18 Å². The van der Waals surface area contributed by atoms with Gasteiger partial charge >= 0.3 is 5.97 Å². The number of aromatic nitrogens is 3. The Bertz CT molecular complexity index is 1760. The number of hydrogen-bond acceptors (Lipinski definition) is 4. The minimum absolute atomic E-state index is 0.277. The van der Waals surface area contributed by atoms with E-state index in [4.69, 9.17) is 26.2 Å². The zero-order valence-electron chi connectivity index (χ0n) is 23.7. The summed E-state index contributed by atoms with van der Waals surface area (Å²) in [5, 5.41) is 7.91. The van der Waals surface area contributed by atoms with Crippen LogP contribution < -0.4 is 4.74 Å². The van der Waals surface area contributed by atoms with E-state index < -0.39 is 5.97 Å². The molecule has 6 nitrogen and oxygen atoms in total. The molecule has 0 N–H and O–H groups in total. The van der Waals surface area contributed by atoms with E-state index in [-0.39, 0.29) is 5.82 Å². The molecule has 0 amide bonds. The van der Waals surface area contributed by atoms with Gasteiger partial charge in [0.1, 0.15) is 17.3 Å². The lowest BCUT2D eigenvalue weighted by molar-refractivity contribution is 0.0587. The predicted molar refractivity (Wildman–Crippen MR) is 158 cm³/mol. The molecule has 8 heteroatoms. The number of hydrogen-bond donors (Lipinski definition) is 0.